The van der Waals surface area contributed by atoms with Crippen molar-refractivity contribution >= 4 is 12.4 Å². The topological polar surface area (TPSA) is 24.5 Å². The highest BCUT2D eigenvalue weighted by atomic mass is 35.5. The van der Waals surface area contributed by atoms with Crippen LogP contribution in [0.25, 0.3) is 0 Å². The van der Waals surface area contributed by atoms with E-state index in [4.69, 9.17) is 0 Å². The Bertz CT molecular complexity index is 519. The summed E-state index contributed by atoms with van der Waals surface area (Å²) in [7, 11) is 0. The molecule has 1 atom stereocenters. The Morgan fingerprint density at radius 1 is 1.24 bits per heavy atom. The molecule has 0 aliphatic carbocycles. The van der Waals surface area contributed by atoms with E-state index >= 15 is 0 Å². The number of ether oxygens (including phenoxy) is 1. The Morgan fingerprint density at radius 3 is 2.60 bits per heavy atom. The molecular weight excluding hydrogens is 353 g/mol. The van der Waals surface area contributed by atoms with Gasteiger partial charge >= 0.3 is 6.36 Å². The van der Waals surface area contributed by atoms with E-state index < -0.39 is 6.36 Å². The van der Waals surface area contributed by atoms with Gasteiger partial charge in [0.15, 0.2) is 0 Å². The number of benzene rings is 1. The first-order valence-corrected chi connectivity index (χ1v) is 8.41. The second-order valence-corrected chi connectivity index (χ2v) is 6.00. The second-order valence-electron chi connectivity index (χ2n) is 6.00. The van der Waals surface area contributed by atoms with Crippen LogP contribution in [-0.4, -0.2) is 37.4 Å². The molecule has 25 heavy (non-hydrogen) atoms. The number of allylic oxidation sites excluding steroid dienone is 1. The predicted octanol–water partition coefficient (Wildman–Crippen LogP) is 4.70. The first-order chi connectivity index (χ1) is 11.5. The lowest BCUT2D eigenvalue weighted by Gasteiger charge is -2.35. The Hall–Kier alpha value is -1.24. The molecule has 1 heterocycles. The fraction of sp³-hybridized carbons (Fsp3) is 0.556. The minimum absolute atomic E-state index is 0. The van der Waals surface area contributed by atoms with Gasteiger partial charge in [-0.2, -0.15) is 0 Å². The molecule has 1 N–H and O–H groups in total. The highest BCUT2D eigenvalue weighted by Gasteiger charge is 2.31. The normalized spacial score (nSPS) is 16.8. The molecule has 1 saturated heterocycles. The third-order valence-corrected chi connectivity index (χ3v) is 4.20. The summed E-state index contributed by atoms with van der Waals surface area (Å²) in [5.41, 5.74) is 0.886. The van der Waals surface area contributed by atoms with E-state index in [-0.39, 0.29) is 24.2 Å². The summed E-state index contributed by atoms with van der Waals surface area (Å²) < 4.78 is 41.5. The molecule has 0 bridgehead atoms. The van der Waals surface area contributed by atoms with Gasteiger partial charge < -0.3 is 10.1 Å². The number of piperazine rings is 1. The van der Waals surface area contributed by atoms with E-state index in [1.54, 1.807) is 6.07 Å². The summed E-state index contributed by atoms with van der Waals surface area (Å²) in [5.74, 6) is -0.147. The quantitative estimate of drug-likeness (QED) is 0.524. The van der Waals surface area contributed by atoms with Crippen LogP contribution < -0.4 is 10.1 Å². The maximum atomic E-state index is 12.5. The average Bonchev–Trinajstić information content (AvgIpc) is 2.54. The van der Waals surface area contributed by atoms with E-state index in [2.05, 4.69) is 21.5 Å². The predicted molar refractivity (Wildman–Crippen MR) is 96.2 cm³/mol. The van der Waals surface area contributed by atoms with Gasteiger partial charge in [0.2, 0.25) is 0 Å². The standard InChI is InChI=1S/C18H25F3N2O.ClH/c1-2-3-4-5-9-17(23-12-10-22-11-13-23)15-7-6-8-16(14-15)24-18(19,20)21;/h2,6-8,14,17,22H,1,3-5,9-13H2;1H/t17-;/m0./s1. The lowest BCUT2D eigenvalue weighted by Crippen LogP contribution is -2.45. The van der Waals surface area contributed by atoms with Crippen molar-refractivity contribution in [1.29, 1.82) is 0 Å². The van der Waals surface area contributed by atoms with Crippen LogP contribution >= 0.6 is 12.4 Å². The third-order valence-electron chi connectivity index (χ3n) is 4.20. The average molecular weight is 379 g/mol. The number of nitrogens with one attached hydrogen (secondary N) is 1. The van der Waals surface area contributed by atoms with Crippen molar-refractivity contribution in [3.8, 4) is 5.75 Å². The molecule has 1 aromatic carbocycles. The maximum absolute atomic E-state index is 12.5. The molecule has 1 aliphatic heterocycles. The molecular formula is C18H26ClF3N2O. The SMILES string of the molecule is C=CCCCC[C@@H](c1cccc(OC(F)(F)F)c1)N1CCNCC1.Cl. The number of rotatable bonds is 8. The summed E-state index contributed by atoms with van der Waals surface area (Å²) in [5, 5.41) is 3.31. The van der Waals surface area contributed by atoms with Crippen LogP contribution in [0.3, 0.4) is 0 Å². The molecule has 0 unspecified atom stereocenters. The van der Waals surface area contributed by atoms with Crippen LogP contribution in [0.2, 0.25) is 0 Å². The monoisotopic (exact) mass is 378 g/mol. The maximum Gasteiger partial charge on any atom is 0.573 e. The van der Waals surface area contributed by atoms with Crippen LogP contribution in [0.4, 0.5) is 13.2 Å². The number of nitrogens with zero attached hydrogens (tertiary/aromatic N) is 1. The van der Waals surface area contributed by atoms with Gasteiger partial charge in [0.1, 0.15) is 5.75 Å². The van der Waals surface area contributed by atoms with Crippen molar-refractivity contribution in [3.05, 3.63) is 42.5 Å². The van der Waals surface area contributed by atoms with Crippen molar-refractivity contribution in [1.82, 2.24) is 10.2 Å². The van der Waals surface area contributed by atoms with Gasteiger partial charge in [-0.15, -0.1) is 32.2 Å². The van der Waals surface area contributed by atoms with E-state index in [0.717, 1.165) is 57.4 Å². The zero-order chi connectivity index (χ0) is 17.4. The zero-order valence-electron chi connectivity index (χ0n) is 14.2. The van der Waals surface area contributed by atoms with Gasteiger partial charge in [-0.25, -0.2) is 0 Å². The molecule has 0 saturated carbocycles. The van der Waals surface area contributed by atoms with Crippen LogP contribution in [0.5, 0.6) is 5.75 Å². The molecule has 0 aromatic heterocycles. The zero-order valence-corrected chi connectivity index (χ0v) is 15.0. The van der Waals surface area contributed by atoms with E-state index in [9.17, 15) is 13.2 Å². The van der Waals surface area contributed by atoms with Gasteiger partial charge in [-0.3, -0.25) is 4.90 Å². The van der Waals surface area contributed by atoms with Gasteiger partial charge in [-0.05, 0) is 37.0 Å². The summed E-state index contributed by atoms with van der Waals surface area (Å²) in [6.45, 7) is 7.34. The summed E-state index contributed by atoms with van der Waals surface area (Å²) in [4.78, 5) is 2.34. The van der Waals surface area contributed by atoms with Gasteiger partial charge in [0.05, 0.1) is 0 Å². The van der Waals surface area contributed by atoms with E-state index in [1.807, 2.05) is 12.1 Å². The van der Waals surface area contributed by atoms with E-state index in [1.165, 1.54) is 12.1 Å². The molecule has 1 aliphatic rings. The van der Waals surface area contributed by atoms with Crippen LogP contribution in [0.1, 0.15) is 37.3 Å². The lowest BCUT2D eigenvalue weighted by molar-refractivity contribution is -0.274. The van der Waals surface area contributed by atoms with E-state index in [0.29, 0.717) is 0 Å². The Labute approximate surface area is 153 Å². The van der Waals surface area contributed by atoms with Gasteiger partial charge in [-0.1, -0.05) is 24.6 Å². The minimum atomic E-state index is -4.66. The number of hydrogen-bond acceptors (Lipinski definition) is 3. The van der Waals surface area contributed by atoms with Crippen molar-refractivity contribution < 1.29 is 17.9 Å². The number of halogens is 4. The summed E-state index contributed by atoms with van der Waals surface area (Å²) >= 11 is 0. The van der Waals surface area contributed by atoms with Crippen LogP contribution in [-0.2, 0) is 0 Å². The van der Waals surface area contributed by atoms with Crippen molar-refractivity contribution in [2.24, 2.45) is 0 Å². The second kappa shape index (κ2) is 10.7. The highest BCUT2D eigenvalue weighted by molar-refractivity contribution is 5.85. The molecule has 0 radical (unpaired) electrons. The molecule has 0 spiro atoms. The molecule has 2 rings (SSSR count). The number of unbranched alkanes of at least 4 members (excludes halogenated alkanes) is 2. The molecule has 7 heteroatoms. The van der Waals surface area contributed by atoms with Gasteiger partial charge in [0, 0.05) is 32.2 Å². The third kappa shape index (κ3) is 7.67. The van der Waals surface area contributed by atoms with Crippen LogP contribution in [0.15, 0.2) is 36.9 Å². The Balaban J connectivity index is 0.00000312. The molecule has 142 valence electrons. The summed E-state index contributed by atoms with van der Waals surface area (Å²) in [6, 6.07) is 6.52. The number of alkyl halides is 3. The fourth-order valence-electron chi connectivity index (χ4n) is 3.10. The van der Waals surface area contributed by atoms with Gasteiger partial charge in [0.25, 0.3) is 0 Å². The Kier molecular flexibility index (Phi) is 9.32. The fourth-order valence-corrected chi connectivity index (χ4v) is 3.10. The van der Waals surface area contributed by atoms with Crippen molar-refractivity contribution in [2.45, 2.75) is 38.1 Å². The largest absolute Gasteiger partial charge is 0.573 e. The summed E-state index contributed by atoms with van der Waals surface area (Å²) in [6.07, 6.45) is 1.19. The smallest absolute Gasteiger partial charge is 0.406 e. The molecule has 0 amide bonds. The minimum Gasteiger partial charge on any atom is -0.406 e. The van der Waals surface area contributed by atoms with Crippen molar-refractivity contribution in [3.63, 3.8) is 0 Å². The first kappa shape index (κ1) is 21.8. The molecule has 1 aromatic rings. The van der Waals surface area contributed by atoms with Crippen LogP contribution in [0, 0.1) is 0 Å². The van der Waals surface area contributed by atoms with Crippen molar-refractivity contribution in [2.75, 3.05) is 26.2 Å². The molecule has 3 nitrogen and oxygen atoms in total. The highest BCUT2D eigenvalue weighted by Crippen LogP contribution is 2.31. The Morgan fingerprint density at radius 2 is 1.96 bits per heavy atom. The lowest BCUT2D eigenvalue weighted by atomic mass is 9.98. The first-order valence-electron chi connectivity index (χ1n) is 8.41. The molecule has 1 fully saturated rings. The number of hydrogen-bond donors (Lipinski definition) is 1.